The van der Waals surface area contributed by atoms with Crippen LogP contribution < -0.4 is 0 Å². The maximum atomic E-state index is 12.6. The van der Waals surface area contributed by atoms with E-state index in [9.17, 15) is 9.90 Å². The highest BCUT2D eigenvalue weighted by atomic mass is 16.3. The zero-order valence-corrected chi connectivity index (χ0v) is 14.3. The molecule has 5 heteroatoms. The van der Waals surface area contributed by atoms with Crippen molar-refractivity contribution in [3.63, 3.8) is 0 Å². The molecular formula is C19H25N3O2. The van der Waals surface area contributed by atoms with Crippen LogP contribution in [-0.4, -0.2) is 44.6 Å². The maximum Gasteiger partial charge on any atom is 0.289 e. The van der Waals surface area contributed by atoms with E-state index in [1.54, 1.807) is 6.20 Å². The third-order valence-corrected chi connectivity index (χ3v) is 4.55. The minimum Gasteiger partial charge on any atom is -0.390 e. The van der Waals surface area contributed by atoms with Crippen LogP contribution in [0.1, 0.15) is 43.7 Å². The monoisotopic (exact) mass is 327 g/mol. The Bertz CT molecular complexity index is 680. The molecule has 2 N–H and O–H groups in total. The Kier molecular flexibility index (Phi) is 4.71. The highest BCUT2D eigenvalue weighted by Crippen LogP contribution is 2.27. The van der Waals surface area contributed by atoms with E-state index in [4.69, 9.17) is 0 Å². The number of aromatic nitrogens is 2. The number of nitrogens with one attached hydrogen (secondary N) is 1. The first-order valence-corrected chi connectivity index (χ1v) is 8.54. The molecule has 2 aromatic rings. The molecular weight excluding hydrogens is 302 g/mol. The van der Waals surface area contributed by atoms with Gasteiger partial charge in [-0.25, -0.2) is 4.98 Å². The van der Waals surface area contributed by atoms with E-state index in [0.717, 1.165) is 43.6 Å². The molecule has 2 heterocycles. The van der Waals surface area contributed by atoms with Crippen LogP contribution in [0.5, 0.6) is 0 Å². The zero-order chi connectivity index (χ0) is 17.2. The number of carbonyl (C=O) groups excluding carboxylic acids is 1. The van der Waals surface area contributed by atoms with Crippen molar-refractivity contribution in [1.29, 1.82) is 0 Å². The number of aromatic amines is 1. The van der Waals surface area contributed by atoms with E-state index in [1.165, 1.54) is 0 Å². The summed E-state index contributed by atoms with van der Waals surface area (Å²) < 4.78 is 0. The molecule has 3 rings (SSSR count). The maximum absolute atomic E-state index is 12.6. The summed E-state index contributed by atoms with van der Waals surface area (Å²) in [6, 6.07) is 9.87. The van der Waals surface area contributed by atoms with E-state index >= 15 is 0 Å². The summed E-state index contributed by atoms with van der Waals surface area (Å²) in [5, 5.41) is 9.94. The second-order valence-corrected chi connectivity index (χ2v) is 7.26. The van der Waals surface area contributed by atoms with Gasteiger partial charge in [-0.2, -0.15) is 0 Å². The van der Waals surface area contributed by atoms with E-state index in [0.29, 0.717) is 11.7 Å². The fraction of sp³-hybridized carbons (Fsp3) is 0.474. The molecule has 0 bridgehead atoms. The van der Waals surface area contributed by atoms with Crippen molar-refractivity contribution >= 4 is 5.91 Å². The Morgan fingerprint density at radius 2 is 1.96 bits per heavy atom. The number of benzene rings is 1. The molecule has 24 heavy (non-hydrogen) atoms. The first-order valence-electron chi connectivity index (χ1n) is 8.54. The van der Waals surface area contributed by atoms with Gasteiger partial charge in [-0.05, 0) is 44.6 Å². The summed E-state index contributed by atoms with van der Waals surface area (Å²) in [5.41, 5.74) is 1.24. The molecule has 1 aliphatic rings. The molecule has 0 unspecified atom stereocenters. The lowest BCUT2D eigenvalue weighted by Crippen LogP contribution is -2.40. The third kappa shape index (κ3) is 4.03. The molecule has 128 valence electrons. The fourth-order valence-corrected chi connectivity index (χ4v) is 3.39. The van der Waals surface area contributed by atoms with Crippen LogP contribution in [0.4, 0.5) is 0 Å². The fourth-order valence-electron chi connectivity index (χ4n) is 3.39. The Morgan fingerprint density at radius 3 is 2.58 bits per heavy atom. The number of rotatable bonds is 4. The van der Waals surface area contributed by atoms with Gasteiger partial charge in [0.15, 0.2) is 5.82 Å². The van der Waals surface area contributed by atoms with Gasteiger partial charge in [-0.15, -0.1) is 0 Å². The summed E-state index contributed by atoms with van der Waals surface area (Å²) in [4.78, 5) is 21.9. The van der Waals surface area contributed by atoms with Gasteiger partial charge in [-0.3, -0.25) is 4.79 Å². The van der Waals surface area contributed by atoms with Crippen molar-refractivity contribution in [2.75, 3.05) is 13.1 Å². The minimum absolute atomic E-state index is 0.0427. The minimum atomic E-state index is -0.636. The van der Waals surface area contributed by atoms with Gasteiger partial charge in [0.05, 0.1) is 17.5 Å². The van der Waals surface area contributed by atoms with Crippen molar-refractivity contribution in [3.05, 3.63) is 42.4 Å². The lowest BCUT2D eigenvalue weighted by Gasteiger charge is -2.34. The molecule has 1 amide bonds. The highest BCUT2D eigenvalue weighted by Gasteiger charge is 2.28. The molecule has 0 radical (unpaired) electrons. The van der Waals surface area contributed by atoms with Gasteiger partial charge in [-0.1, -0.05) is 30.3 Å². The second kappa shape index (κ2) is 6.77. The second-order valence-electron chi connectivity index (χ2n) is 7.26. The lowest BCUT2D eigenvalue weighted by atomic mass is 9.86. The molecule has 5 nitrogen and oxygen atoms in total. The Morgan fingerprint density at radius 1 is 1.29 bits per heavy atom. The number of aliphatic hydroxyl groups is 1. The summed E-state index contributed by atoms with van der Waals surface area (Å²) in [6.45, 7) is 5.14. The molecule has 1 aromatic carbocycles. The van der Waals surface area contributed by atoms with E-state index in [-0.39, 0.29) is 5.91 Å². The summed E-state index contributed by atoms with van der Waals surface area (Å²) >= 11 is 0. The largest absolute Gasteiger partial charge is 0.390 e. The highest BCUT2D eigenvalue weighted by molar-refractivity contribution is 5.91. The number of hydrogen-bond donors (Lipinski definition) is 2. The number of hydrogen-bond acceptors (Lipinski definition) is 3. The van der Waals surface area contributed by atoms with E-state index < -0.39 is 5.60 Å². The number of likely N-dealkylation sites (tertiary alicyclic amines) is 1. The predicted octanol–water partition coefficient (Wildman–Crippen LogP) is 3.09. The summed E-state index contributed by atoms with van der Waals surface area (Å²) in [5.74, 6) is 0.833. The van der Waals surface area contributed by atoms with Crippen molar-refractivity contribution < 1.29 is 9.90 Å². The molecule has 0 saturated carbocycles. The quantitative estimate of drug-likeness (QED) is 0.906. The van der Waals surface area contributed by atoms with Crippen LogP contribution in [0.3, 0.4) is 0 Å². The average Bonchev–Trinajstić information content (AvgIpc) is 3.04. The van der Waals surface area contributed by atoms with Gasteiger partial charge in [0, 0.05) is 13.1 Å². The molecule has 1 saturated heterocycles. The third-order valence-electron chi connectivity index (χ3n) is 4.55. The van der Waals surface area contributed by atoms with Crippen molar-refractivity contribution in [2.45, 2.75) is 38.7 Å². The lowest BCUT2D eigenvalue weighted by molar-refractivity contribution is 0.0355. The number of amides is 1. The van der Waals surface area contributed by atoms with E-state index in [2.05, 4.69) is 9.97 Å². The predicted molar refractivity (Wildman–Crippen MR) is 93.6 cm³/mol. The Labute approximate surface area is 142 Å². The zero-order valence-electron chi connectivity index (χ0n) is 14.3. The SMILES string of the molecule is CC(C)(O)CC1CCN(C(=O)c2ncc(-c3ccccc3)[nH]2)CC1. The molecule has 0 atom stereocenters. The summed E-state index contributed by atoms with van der Waals surface area (Å²) in [6.07, 6.45) is 4.36. The topological polar surface area (TPSA) is 69.2 Å². The molecule has 1 aliphatic heterocycles. The number of piperidine rings is 1. The first-order chi connectivity index (χ1) is 11.4. The van der Waals surface area contributed by atoms with Gasteiger partial charge in [0.25, 0.3) is 5.91 Å². The number of imidazole rings is 1. The average molecular weight is 327 g/mol. The van der Waals surface area contributed by atoms with Crippen LogP contribution in [0.15, 0.2) is 36.5 Å². The van der Waals surface area contributed by atoms with Gasteiger partial charge in [0.2, 0.25) is 0 Å². The van der Waals surface area contributed by atoms with Crippen molar-refractivity contribution in [2.24, 2.45) is 5.92 Å². The van der Waals surface area contributed by atoms with Gasteiger partial charge in [0.1, 0.15) is 0 Å². The normalized spacial score (nSPS) is 16.4. The van der Waals surface area contributed by atoms with Crippen molar-refractivity contribution in [3.8, 4) is 11.3 Å². The van der Waals surface area contributed by atoms with E-state index in [1.807, 2.05) is 49.1 Å². The van der Waals surface area contributed by atoms with Crippen LogP contribution in [0.2, 0.25) is 0 Å². The molecule has 0 aliphatic carbocycles. The Hall–Kier alpha value is -2.14. The van der Waals surface area contributed by atoms with Gasteiger partial charge >= 0.3 is 0 Å². The number of carbonyl (C=O) groups is 1. The first kappa shape index (κ1) is 16.7. The summed E-state index contributed by atoms with van der Waals surface area (Å²) in [7, 11) is 0. The smallest absolute Gasteiger partial charge is 0.289 e. The van der Waals surface area contributed by atoms with Gasteiger partial charge < -0.3 is 15.0 Å². The van der Waals surface area contributed by atoms with Crippen LogP contribution in [0.25, 0.3) is 11.3 Å². The number of H-pyrrole nitrogens is 1. The van der Waals surface area contributed by atoms with Crippen molar-refractivity contribution in [1.82, 2.24) is 14.9 Å². The van der Waals surface area contributed by atoms with Crippen LogP contribution >= 0.6 is 0 Å². The molecule has 0 spiro atoms. The van der Waals surface area contributed by atoms with Crippen LogP contribution in [-0.2, 0) is 0 Å². The number of nitrogens with zero attached hydrogens (tertiary/aromatic N) is 2. The Balaban J connectivity index is 1.61. The molecule has 1 fully saturated rings. The molecule has 1 aromatic heterocycles. The van der Waals surface area contributed by atoms with Crippen LogP contribution in [0, 0.1) is 5.92 Å². The standard InChI is InChI=1S/C19H25N3O2/c1-19(2,24)12-14-8-10-22(11-9-14)18(23)17-20-13-16(21-17)15-6-4-3-5-7-15/h3-7,13-14,24H,8-12H2,1-2H3,(H,20,21).